The average Bonchev–Trinajstić information content (AvgIpc) is 2.85. The largest absolute Gasteiger partial charge is 0.707 e. The smallest absolute Gasteiger partial charge is 0.511 e. The number of benzene rings is 5. The molecule has 5 rings (SSSR count). The van der Waals surface area contributed by atoms with E-state index in [1.54, 1.807) is 0 Å². The van der Waals surface area contributed by atoms with Crippen molar-refractivity contribution in [3.05, 3.63) is 115 Å². The molecule has 0 fully saturated rings. The van der Waals surface area contributed by atoms with E-state index in [-0.39, 0.29) is 0 Å². The highest BCUT2D eigenvalue weighted by Crippen LogP contribution is 2.50. The normalized spacial score (nSPS) is 10.8. The van der Waals surface area contributed by atoms with Crippen LogP contribution in [0.2, 0.25) is 0 Å². The van der Waals surface area contributed by atoms with Crippen LogP contribution in [0, 0.1) is 0 Å². The molecule has 0 saturated carbocycles. The maximum absolute atomic E-state index is 9.82. The van der Waals surface area contributed by atoms with E-state index in [1.807, 2.05) is 84.9 Å². The predicted octanol–water partition coefficient (Wildman–Crippen LogP) is 6.19. The summed E-state index contributed by atoms with van der Waals surface area (Å²) >= 11 is 0. The van der Waals surface area contributed by atoms with Gasteiger partial charge in [0.1, 0.15) is 5.75 Å². The van der Waals surface area contributed by atoms with E-state index in [1.165, 1.54) is 0 Å². The monoisotopic (exact) mass is 416 g/mol. The van der Waals surface area contributed by atoms with Gasteiger partial charge in [-0.1, -0.05) is 115 Å². The van der Waals surface area contributed by atoms with E-state index in [4.69, 9.17) is 4.65 Å². The fraction of sp³-hybridized carbons (Fsp3) is 0. The Labute approximate surface area is 187 Å². The molecule has 0 amide bonds. The molecule has 0 aliphatic heterocycles. The van der Waals surface area contributed by atoms with E-state index in [0.29, 0.717) is 5.75 Å². The first-order valence-electron chi connectivity index (χ1n) is 10.5. The minimum Gasteiger partial charge on any atom is -0.511 e. The zero-order chi connectivity index (χ0) is 21.9. The molecule has 3 nitrogen and oxygen atoms in total. The van der Waals surface area contributed by atoms with Gasteiger partial charge in [0.15, 0.2) is 0 Å². The van der Waals surface area contributed by atoms with E-state index in [2.05, 4.69) is 30.3 Å². The summed E-state index contributed by atoms with van der Waals surface area (Å²) in [7, 11) is -1.94. The molecule has 2 N–H and O–H groups in total. The van der Waals surface area contributed by atoms with Crippen LogP contribution in [0.5, 0.6) is 5.75 Å². The van der Waals surface area contributed by atoms with E-state index >= 15 is 0 Å². The molecular weight excluding hydrogens is 395 g/mol. The number of rotatable bonds is 5. The summed E-state index contributed by atoms with van der Waals surface area (Å²) in [6.45, 7) is 0. The summed E-state index contributed by atoms with van der Waals surface area (Å²) < 4.78 is 5.68. The second kappa shape index (κ2) is 8.71. The Morgan fingerprint density at radius 1 is 0.438 bits per heavy atom. The standard InChI is InChI=1S/C28H21BO3/c30-29(31)32-28-24-19-11-10-18-23(24)25(20-12-4-1-5-13-20)26(21-14-6-2-7-15-21)27(28)22-16-8-3-9-17-22/h1-19,30-31H. The Bertz CT molecular complexity index is 1350. The molecule has 0 heterocycles. The van der Waals surface area contributed by atoms with Crippen molar-refractivity contribution in [3.63, 3.8) is 0 Å². The fourth-order valence-corrected chi connectivity index (χ4v) is 4.31. The number of hydrogen-bond donors (Lipinski definition) is 2. The van der Waals surface area contributed by atoms with Crippen LogP contribution in [0.3, 0.4) is 0 Å². The van der Waals surface area contributed by atoms with Gasteiger partial charge in [0.05, 0.1) is 0 Å². The highest BCUT2D eigenvalue weighted by Gasteiger charge is 2.26. The van der Waals surface area contributed by atoms with E-state index < -0.39 is 7.32 Å². The van der Waals surface area contributed by atoms with Crippen LogP contribution in [-0.4, -0.2) is 17.4 Å². The van der Waals surface area contributed by atoms with Gasteiger partial charge in [-0.3, -0.25) is 0 Å². The molecule has 0 aliphatic carbocycles. The van der Waals surface area contributed by atoms with Crippen LogP contribution < -0.4 is 4.65 Å². The van der Waals surface area contributed by atoms with Gasteiger partial charge in [-0.15, -0.1) is 0 Å². The Kier molecular flexibility index (Phi) is 5.47. The molecule has 32 heavy (non-hydrogen) atoms. The third kappa shape index (κ3) is 3.67. The molecule has 5 aromatic carbocycles. The minimum absolute atomic E-state index is 0.445. The minimum atomic E-state index is -1.94. The Balaban J connectivity index is 2.03. The summed E-state index contributed by atoms with van der Waals surface area (Å²) in [5.41, 5.74) is 5.92. The topological polar surface area (TPSA) is 49.7 Å². The molecule has 0 saturated heterocycles. The first-order valence-corrected chi connectivity index (χ1v) is 10.5. The molecule has 0 atom stereocenters. The lowest BCUT2D eigenvalue weighted by atomic mass is 9.83. The fourth-order valence-electron chi connectivity index (χ4n) is 4.31. The van der Waals surface area contributed by atoms with Gasteiger partial charge < -0.3 is 14.7 Å². The summed E-state index contributed by atoms with van der Waals surface area (Å²) in [5, 5.41) is 21.4. The summed E-state index contributed by atoms with van der Waals surface area (Å²) in [6, 6.07) is 38.3. The van der Waals surface area contributed by atoms with Crippen LogP contribution in [0.4, 0.5) is 0 Å². The molecule has 0 aliphatic rings. The first-order chi connectivity index (χ1) is 15.7. The molecule has 154 valence electrons. The molecule has 0 spiro atoms. The van der Waals surface area contributed by atoms with Crippen molar-refractivity contribution >= 4 is 18.1 Å². The van der Waals surface area contributed by atoms with E-state index in [0.717, 1.165) is 44.2 Å². The lowest BCUT2D eigenvalue weighted by molar-refractivity contribution is 0.290. The SMILES string of the molecule is OB(O)Oc1c(-c2ccccc2)c(-c2ccccc2)c(-c2ccccc2)c2ccccc12. The third-order valence-corrected chi connectivity index (χ3v) is 5.58. The second-order valence-electron chi connectivity index (χ2n) is 7.54. The van der Waals surface area contributed by atoms with Crippen molar-refractivity contribution in [2.24, 2.45) is 0 Å². The van der Waals surface area contributed by atoms with Gasteiger partial charge in [0.2, 0.25) is 0 Å². The van der Waals surface area contributed by atoms with Crippen LogP contribution >= 0.6 is 0 Å². The van der Waals surface area contributed by atoms with Gasteiger partial charge in [-0.05, 0) is 27.6 Å². The van der Waals surface area contributed by atoms with Crippen molar-refractivity contribution in [2.75, 3.05) is 0 Å². The van der Waals surface area contributed by atoms with Crippen LogP contribution in [-0.2, 0) is 0 Å². The lowest BCUT2D eigenvalue weighted by Gasteiger charge is -2.23. The number of fused-ring (bicyclic) bond motifs is 1. The molecule has 0 unspecified atom stereocenters. The van der Waals surface area contributed by atoms with Crippen LogP contribution in [0.1, 0.15) is 0 Å². The summed E-state index contributed by atoms with van der Waals surface area (Å²) in [5.74, 6) is 0.445. The highest BCUT2D eigenvalue weighted by atomic mass is 16.6. The van der Waals surface area contributed by atoms with Crippen LogP contribution in [0.15, 0.2) is 115 Å². The molecule has 4 heteroatoms. The van der Waals surface area contributed by atoms with E-state index in [9.17, 15) is 10.0 Å². The highest BCUT2D eigenvalue weighted by molar-refractivity contribution is 6.34. The molecular formula is C28H21BO3. The van der Waals surface area contributed by atoms with Gasteiger partial charge >= 0.3 is 7.32 Å². The van der Waals surface area contributed by atoms with Crippen LogP contribution in [0.25, 0.3) is 44.2 Å². The zero-order valence-corrected chi connectivity index (χ0v) is 17.3. The van der Waals surface area contributed by atoms with Crippen molar-refractivity contribution in [1.29, 1.82) is 0 Å². The Morgan fingerprint density at radius 2 is 0.844 bits per heavy atom. The predicted molar refractivity (Wildman–Crippen MR) is 131 cm³/mol. The zero-order valence-electron chi connectivity index (χ0n) is 17.3. The van der Waals surface area contributed by atoms with Crippen molar-refractivity contribution in [3.8, 4) is 39.1 Å². The second-order valence-corrected chi connectivity index (χ2v) is 7.54. The van der Waals surface area contributed by atoms with Gasteiger partial charge in [0.25, 0.3) is 0 Å². The molecule has 5 aromatic rings. The van der Waals surface area contributed by atoms with Crippen molar-refractivity contribution in [2.45, 2.75) is 0 Å². The number of hydrogen-bond acceptors (Lipinski definition) is 3. The van der Waals surface area contributed by atoms with Crippen molar-refractivity contribution in [1.82, 2.24) is 0 Å². The lowest BCUT2D eigenvalue weighted by Crippen LogP contribution is -2.21. The maximum atomic E-state index is 9.82. The molecule has 0 aromatic heterocycles. The average molecular weight is 416 g/mol. The maximum Gasteiger partial charge on any atom is 0.707 e. The molecule has 0 bridgehead atoms. The first kappa shape index (κ1) is 20.1. The van der Waals surface area contributed by atoms with Gasteiger partial charge in [0, 0.05) is 16.5 Å². The summed E-state index contributed by atoms with van der Waals surface area (Å²) in [4.78, 5) is 0. The summed E-state index contributed by atoms with van der Waals surface area (Å²) in [6.07, 6.45) is 0. The quantitative estimate of drug-likeness (QED) is 0.336. The molecule has 0 radical (unpaired) electrons. The van der Waals surface area contributed by atoms with Gasteiger partial charge in [-0.25, -0.2) is 0 Å². The third-order valence-electron chi connectivity index (χ3n) is 5.58. The van der Waals surface area contributed by atoms with Gasteiger partial charge in [-0.2, -0.15) is 0 Å². The Hall–Kier alpha value is -3.86. The Morgan fingerprint density at radius 3 is 1.34 bits per heavy atom. The van der Waals surface area contributed by atoms with Crippen molar-refractivity contribution < 1.29 is 14.7 Å².